The highest BCUT2D eigenvalue weighted by molar-refractivity contribution is 5.88. The standard InChI is InChI=1S/C10H17NO3/c1-11(2)7-5-6-9(8-13-3)10(12)14-4/h5-7H,8H2,1-4H3. The van der Waals surface area contributed by atoms with E-state index in [9.17, 15) is 4.79 Å². The zero-order valence-electron chi connectivity index (χ0n) is 9.11. The Bertz CT molecular complexity index is 232. The molecular formula is C10H17NO3. The van der Waals surface area contributed by atoms with E-state index in [1.165, 1.54) is 14.2 Å². The molecule has 0 heterocycles. The molecule has 0 amide bonds. The van der Waals surface area contributed by atoms with Crippen LogP contribution in [-0.4, -0.2) is 45.8 Å². The third kappa shape index (κ3) is 5.37. The van der Waals surface area contributed by atoms with Crippen molar-refractivity contribution >= 4 is 5.97 Å². The molecule has 0 aliphatic rings. The predicted molar refractivity (Wildman–Crippen MR) is 54.8 cm³/mol. The first-order valence-corrected chi connectivity index (χ1v) is 4.22. The molecule has 0 bridgehead atoms. The molecular weight excluding hydrogens is 182 g/mol. The van der Waals surface area contributed by atoms with Crippen LogP contribution in [0.2, 0.25) is 0 Å². The number of methoxy groups -OCH3 is 2. The number of ether oxygens (including phenoxy) is 2. The molecule has 14 heavy (non-hydrogen) atoms. The van der Waals surface area contributed by atoms with Crippen molar-refractivity contribution in [3.05, 3.63) is 23.9 Å². The second-order valence-corrected chi connectivity index (χ2v) is 2.92. The zero-order valence-corrected chi connectivity index (χ0v) is 9.11. The van der Waals surface area contributed by atoms with Crippen LogP contribution < -0.4 is 0 Å². The predicted octanol–water partition coefficient (Wildman–Crippen LogP) is 0.808. The van der Waals surface area contributed by atoms with Crippen molar-refractivity contribution in [3.8, 4) is 0 Å². The highest BCUT2D eigenvalue weighted by atomic mass is 16.5. The van der Waals surface area contributed by atoms with Gasteiger partial charge in [0.25, 0.3) is 0 Å². The molecule has 0 N–H and O–H groups in total. The van der Waals surface area contributed by atoms with Crippen LogP contribution in [0.4, 0.5) is 0 Å². The number of rotatable bonds is 5. The molecule has 4 nitrogen and oxygen atoms in total. The Balaban J connectivity index is 4.40. The summed E-state index contributed by atoms with van der Waals surface area (Å²) in [4.78, 5) is 13.0. The Kier molecular flexibility index (Phi) is 6.49. The molecule has 0 aromatic carbocycles. The lowest BCUT2D eigenvalue weighted by Crippen LogP contribution is -2.09. The highest BCUT2D eigenvalue weighted by Gasteiger charge is 2.06. The maximum atomic E-state index is 11.2. The van der Waals surface area contributed by atoms with E-state index in [0.717, 1.165) is 0 Å². The SMILES string of the molecule is COCC(=CC=CN(C)C)C(=O)OC. The number of hydrogen-bond donors (Lipinski definition) is 0. The van der Waals surface area contributed by atoms with Gasteiger partial charge in [-0.25, -0.2) is 4.79 Å². The fourth-order valence-corrected chi connectivity index (χ4v) is 0.793. The Morgan fingerprint density at radius 3 is 2.43 bits per heavy atom. The van der Waals surface area contributed by atoms with Gasteiger partial charge in [0, 0.05) is 21.2 Å². The van der Waals surface area contributed by atoms with E-state index in [-0.39, 0.29) is 12.6 Å². The third-order valence-electron chi connectivity index (χ3n) is 1.43. The average molecular weight is 199 g/mol. The Hall–Kier alpha value is -1.29. The van der Waals surface area contributed by atoms with Crippen LogP contribution in [0.15, 0.2) is 23.9 Å². The quantitative estimate of drug-likeness (QED) is 0.373. The van der Waals surface area contributed by atoms with Gasteiger partial charge in [-0.1, -0.05) is 0 Å². The first-order chi connectivity index (χ1) is 6.61. The van der Waals surface area contributed by atoms with Gasteiger partial charge in [-0.15, -0.1) is 0 Å². The lowest BCUT2D eigenvalue weighted by atomic mass is 10.2. The number of nitrogens with zero attached hydrogens (tertiary/aromatic N) is 1. The molecule has 0 spiro atoms. The average Bonchev–Trinajstić information content (AvgIpc) is 2.15. The Morgan fingerprint density at radius 1 is 1.36 bits per heavy atom. The summed E-state index contributed by atoms with van der Waals surface area (Å²) in [7, 11) is 6.69. The number of esters is 1. The van der Waals surface area contributed by atoms with Crippen LogP contribution in [0.5, 0.6) is 0 Å². The zero-order chi connectivity index (χ0) is 11.0. The number of hydrogen-bond acceptors (Lipinski definition) is 4. The lowest BCUT2D eigenvalue weighted by molar-refractivity contribution is -0.136. The maximum Gasteiger partial charge on any atom is 0.336 e. The van der Waals surface area contributed by atoms with E-state index in [2.05, 4.69) is 4.74 Å². The molecule has 4 heteroatoms. The van der Waals surface area contributed by atoms with Crippen molar-refractivity contribution in [2.75, 3.05) is 34.9 Å². The second kappa shape index (κ2) is 7.15. The maximum absolute atomic E-state index is 11.2. The first-order valence-electron chi connectivity index (χ1n) is 4.22. The van der Waals surface area contributed by atoms with E-state index >= 15 is 0 Å². The summed E-state index contributed by atoms with van der Waals surface area (Å²) in [5, 5.41) is 0. The van der Waals surface area contributed by atoms with Gasteiger partial charge in [0.2, 0.25) is 0 Å². The smallest absolute Gasteiger partial charge is 0.336 e. The van der Waals surface area contributed by atoms with Crippen LogP contribution in [0, 0.1) is 0 Å². The number of allylic oxidation sites excluding steroid dienone is 2. The molecule has 0 aromatic rings. The molecule has 0 rings (SSSR count). The summed E-state index contributed by atoms with van der Waals surface area (Å²) in [5.74, 6) is -0.366. The lowest BCUT2D eigenvalue weighted by Gasteiger charge is -2.04. The summed E-state index contributed by atoms with van der Waals surface area (Å²) in [6.45, 7) is 0.254. The molecule has 0 fully saturated rings. The molecule has 0 atom stereocenters. The summed E-state index contributed by atoms with van der Waals surface area (Å²) in [6.07, 6.45) is 5.28. The van der Waals surface area contributed by atoms with Crippen molar-refractivity contribution in [3.63, 3.8) is 0 Å². The molecule has 0 unspecified atom stereocenters. The van der Waals surface area contributed by atoms with Gasteiger partial charge < -0.3 is 14.4 Å². The molecule has 80 valence electrons. The molecule has 0 radical (unpaired) electrons. The summed E-state index contributed by atoms with van der Waals surface area (Å²) < 4.78 is 9.46. The molecule has 0 aliphatic carbocycles. The van der Waals surface area contributed by atoms with Gasteiger partial charge in [-0.2, -0.15) is 0 Å². The van der Waals surface area contributed by atoms with Gasteiger partial charge in [0.15, 0.2) is 0 Å². The first kappa shape index (κ1) is 12.7. The van der Waals surface area contributed by atoms with E-state index in [1.54, 1.807) is 12.2 Å². The fraction of sp³-hybridized carbons (Fsp3) is 0.500. The van der Waals surface area contributed by atoms with Crippen molar-refractivity contribution in [1.29, 1.82) is 0 Å². The second-order valence-electron chi connectivity index (χ2n) is 2.92. The van der Waals surface area contributed by atoms with Crippen molar-refractivity contribution in [1.82, 2.24) is 4.90 Å². The minimum atomic E-state index is -0.366. The topological polar surface area (TPSA) is 38.8 Å². The summed E-state index contributed by atoms with van der Waals surface area (Å²) >= 11 is 0. The normalized spacial score (nSPS) is 11.9. The largest absolute Gasteiger partial charge is 0.466 e. The Morgan fingerprint density at radius 2 is 2.00 bits per heavy atom. The van der Waals surface area contributed by atoms with Crippen molar-refractivity contribution < 1.29 is 14.3 Å². The van der Waals surface area contributed by atoms with Gasteiger partial charge in [-0.05, 0) is 18.4 Å². The van der Waals surface area contributed by atoms with Gasteiger partial charge >= 0.3 is 5.97 Å². The van der Waals surface area contributed by atoms with E-state index in [4.69, 9.17) is 4.74 Å². The fourth-order valence-electron chi connectivity index (χ4n) is 0.793. The molecule has 0 saturated carbocycles. The van der Waals surface area contributed by atoms with Gasteiger partial charge in [0.05, 0.1) is 19.3 Å². The van der Waals surface area contributed by atoms with Gasteiger partial charge in [-0.3, -0.25) is 0 Å². The summed E-state index contributed by atoms with van der Waals surface area (Å²) in [6, 6.07) is 0. The molecule has 0 aromatic heterocycles. The van der Waals surface area contributed by atoms with Crippen molar-refractivity contribution in [2.24, 2.45) is 0 Å². The van der Waals surface area contributed by atoms with E-state index in [1.807, 2.05) is 25.2 Å². The van der Waals surface area contributed by atoms with Crippen LogP contribution in [-0.2, 0) is 14.3 Å². The minimum absolute atomic E-state index is 0.254. The van der Waals surface area contributed by atoms with E-state index < -0.39 is 0 Å². The summed E-state index contributed by atoms with van der Waals surface area (Å²) in [5.41, 5.74) is 0.494. The van der Waals surface area contributed by atoms with Crippen LogP contribution in [0.1, 0.15) is 0 Å². The van der Waals surface area contributed by atoms with Crippen molar-refractivity contribution in [2.45, 2.75) is 0 Å². The highest BCUT2D eigenvalue weighted by Crippen LogP contribution is 1.98. The Labute approximate surface area is 84.8 Å². The van der Waals surface area contributed by atoms with Crippen LogP contribution in [0.25, 0.3) is 0 Å². The van der Waals surface area contributed by atoms with Crippen LogP contribution >= 0.6 is 0 Å². The monoisotopic (exact) mass is 199 g/mol. The van der Waals surface area contributed by atoms with E-state index in [0.29, 0.717) is 5.57 Å². The van der Waals surface area contributed by atoms with Gasteiger partial charge in [0.1, 0.15) is 0 Å². The minimum Gasteiger partial charge on any atom is -0.466 e. The van der Waals surface area contributed by atoms with Crippen LogP contribution in [0.3, 0.4) is 0 Å². The number of carbonyl (C=O) groups is 1. The molecule has 0 saturated heterocycles. The third-order valence-corrected chi connectivity index (χ3v) is 1.43. The number of carbonyl (C=O) groups excluding carboxylic acids is 1. The molecule has 0 aliphatic heterocycles.